The first-order valence-electron chi connectivity index (χ1n) is 10.9. The van der Waals surface area contributed by atoms with Gasteiger partial charge in [0.25, 0.3) is 5.91 Å². The summed E-state index contributed by atoms with van der Waals surface area (Å²) in [6.45, 7) is 0. The summed E-state index contributed by atoms with van der Waals surface area (Å²) >= 11 is 0. The highest BCUT2D eigenvalue weighted by atomic mass is 16.5. The van der Waals surface area contributed by atoms with Crippen LogP contribution in [0.5, 0.6) is 0 Å². The fourth-order valence-electron chi connectivity index (χ4n) is 4.65. The maximum Gasteiger partial charge on any atom is 0.337 e. The van der Waals surface area contributed by atoms with Gasteiger partial charge in [0.05, 0.1) is 31.2 Å². The van der Waals surface area contributed by atoms with Gasteiger partial charge in [-0.25, -0.2) is 9.69 Å². The average molecular weight is 434 g/mol. The van der Waals surface area contributed by atoms with E-state index in [9.17, 15) is 19.2 Å². The Bertz CT molecular complexity index is 1010. The normalized spacial score (nSPS) is 18.8. The van der Waals surface area contributed by atoms with Gasteiger partial charge in [-0.1, -0.05) is 43.2 Å². The van der Waals surface area contributed by atoms with Crippen molar-refractivity contribution in [2.75, 3.05) is 12.0 Å². The number of rotatable bonds is 6. The van der Waals surface area contributed by atoms with Crippen LogP contribution in [0.2, 0.25) is 0 Å². The number of esters is 1. The molecule has 3 amide bonds. The molecule has 1 heterocycles. The zero-order valence-corrected chi connectivity index (χ0v) is 18.0. The summed E-state index contributed by atoms with van der Waals surface area (Å²) in [7, 11) is 1.29. The Kier molecular flexibility index (Phi) is 6.35. The van der Waals surface area contributed by atoms with E-state index < -0.39 is 17.9 Å². The molecule has 0 bridgehead atoms. The van der Waals surface area contributed by atoms with E-state index >= 15 is 0 Å². The van der Waals surface area contributed by atoms with E-state index in [0.29, 0.717) is 11.3 Å². The third kappa shape index (κ3) is 4.28. The molecule has 1 aliphatic heterocycles. The molecule has 32 heavy (non-hydrogen) atoms. The molecule has 1 aliphatic carbocycles. The fraction of sp³-hybridized carbons (Fsp3) is 0.360. The number of hydrogen-bond acceptors (Lipinski definition) is 5. The zero-order chi connectivity index (χ0) is 22.7. The van der Waals surface area contributed by atoms with Gasteiger partial charge in [0.2, 0.25) is 11.8 Å². The largest absolute Gasteiger partial charge is 0.465 e. The molecule has 0 N–H and O–H groups in total. The standard InChI is InChI=1S/C25H26N2O5/c1-32-25(31)18-11-13-20(14-12-18)27-23(29)16-21(24(27)30)26(19-9-5-6-10-19)22(28)15-17-7-3-2-4-8-17/h2-4,7-8,11-14,19,21H,5-6,9-10,15-16H2,1H3. The van der Waals surface area contributed by atoms with E-state index in [2.05, 4.69) is 0 Å². The zero-order valence-electron chi connectivity index (χ0n) is 18.0. The lowest BCUT2D eigenvalue weighted by Gasteiger charge is -2.33. The highest BCUT2D eigenvalue weighted by Gasteiger charge is 2.46. The van der Waals surface area contributed by atoms with Gasteiger partial charge < -0.3 is 9.64 Å². The molecule has 2 aromatic carbocycles. The number of anilines is 1. The minimum absolute atomic E-state index is 0.0328. The van der Waals surface area contributed by atoms with Gasteiger partial charge in [-0.2, -0.15) is 0 Å². The summed E-state index contributed by atoms with van der Waals surface area (Å²) in [6, 6.07) is 14.7. The quantitative estimate of drug-likeness (QED) is 0.515. The molecular formula is C25H26N2O5. The molecule has 4 rings (SSSR count). The molecule has 0 radical (unpaired) electrons. The number of imide groups is 1. The summed E-state index contributed by atoms with van der Waals surface area (Å²) in [5.74, 6) is -1.36. The van der Waals surface area contributed by atoms with E-state index in [1.54, 1.807) is 17.0 Å². The van der Waals surface area contributed by atoms with Crippen LogP contribution in [0.4, 0.5) is 5.69 Å². The van der Waals surface area contributed by atoms with E-state index in [1.165, 1.54) is 19.2 Å². The number of ether oxygens (including phenoxy) is 1. The van der Waals surface area contributed by atoms with Crippen LogP contribution >= 0.6 is 0 Å². The van der Waals surface area contributed by atoms with Crippen LogP contribution in [0, 0.1) is 0 Å². The average Bonchev–Trinajstić information content (AvgIpc) is 3.43. The van der Waals surface area contributed by atoms with Gasteiger partial charge in [-0.15, -0.1) is 0 Å². The van der Waals surface area contributed by atoms with Crippen molar-refractivity contribution < 1.29 is 23.9 Å². The molecule has 0 spiro atoms. The molecular weight excluding hydrogens is 408 g/mol. The Labute approximate surface area is 187 Å². The van der Waals surface area contributed by atoms with Crippen molar-refractivity contribution in [1.29, 1.82) is 0 Å². The number of amides is 3. The minimum atomic E-state index is -0.804. The van der Waals surface area contributed by atoms with Crippen LogP contribution in [0.1, 0.15) is 48.0 Å². The first-order valence-corrected chi connectivity index (χ1v) is 10.9. The van der Waals surface area contributed by atoms with Gasteiger partial charge >= 0.3 is 5.97 Å². The third-order valence-corrected chi connectivity index (χ3v) is 6.21. The van der Waals surface area contributed by atoms with E-state index in [-0.39, 0.29) is 30.7 Å². The SMILES string of the molecule is COC(=O)c1ccc(N2C(=O)CC(N(C(=O)Cc3ccccc3)C3CCCC3)C2=O)cc1. The molecule has 7 heteroatoms. The number of carbonyl (C=O) groups excluding carboxylic acids is 4. The second kappa shape index (κ2) is 9.34. The Balaban J connectivity index is 1.58. The molecule has 1 atom stereocenters. The molecule has 1 saturated heterocycles. The summed E-state index contributed by atoms with van der Waals surface area (Å²) in [5, 5.41) is 0. The molecule has 2 aliphatic rings. The Morgan fingerprint density at radius 2 is 1.66 bits per heavy atom. The summed E-state index contributed by atoms with van der Waals surface area (Å²) < 4.78 is 4.69. The van der Waals surface area contributed by atoms with Gasteiger partial charge in [0, 0.05) is 6.04 Å². The monoisotopic (exact) mass is 434 g/mol. The van der Waals surface area contributed by atoms with Crippen molar-refractivity contribution in [2.45, 2.75) is 50.6 Å². The van der Waals surface area contributed by atoms with E-state index in [1.807, 2.05) is 30.3 Å². The maximum atomic E-state index is 13.4. The Hall–Kier alpha value is -3.48. The molecule has 0 aromatic heterocycles. The Morgan fingerprint density at radius 1 is 1.00 bits per heavy atom. The third-order valence-electron chi connectivity index (χ3n) is 6.21. The van der Waals surface area contributed by atoms with Crippen molar-refractivity contribution in [3.63, 3.8) is 0 Å². The predicted octanol–water partition coefficient (Wildman–Crippen LogP) is 3.12. The number of benzene rings is 2. The van der Waals surface area contributed by atoms with Gasteiger partial charge in [0.15, 0.2) is 0 Å². The molecule has 2 aromatic rings. The maximum absolute atomic E-state index is 13.4. The molecule has 7 nitrogen and oxygen atoms in total. The second-order valence-corrected chi connectivity index (χ2v) is 8.23. The topological polar surface area (TPSA) is 84.0 Å². The van der Waals surface area contributed by atoms with Gasteiger partial charge in [0.1, 0.15) is 6.04 Å². The summed E-state index contributed by atoms with van der Waals surface area (Å²) in [5.41, 5.74) is 1.60. The Morgan fingerprint density at radius 3 is 2.28 bits per heavy atom. The van der Waals surface area contributed by atoms with Crippen LogP contribution in [0.25, 0.3) is 0 Å². The van der Waals surface area contributed by atoms with E-state index in [0.717, 1.165) is 36.1 Å². The van der Waals surface area contributed by atoms with Crippen molar-refractivity contribution in [3.8, 4) is 0 Å². The van der Waals surface area contributed by atoms with Crippen LogP contribution in [0.15, 0.2) is 54.6 Å². The lowest BCUT2D eigenvalue weighted by Crippen LogP contribution is -2.50. The first-order chi connectivity index (χ1) is 15.5. The van der Waals surface area contributed by atoms with Crippen molar-refractivity contribution in [2.24, 2.45) is 0 Å². The summed E-state index contributed by atoms with van der Waals surface area (Å²) in [6.07, 6.45) is 3.86. The minimum Gasteiger partial charge on any atom is -0.465 e. The van der Waals surface area contributed by atoms with Gasteiger partial charge in [-0.05, 0) is 42.7 Å². The van der Waals surface area contributed by atoms with E-state index in [4.69, 9.17) is 4.74 Å². The smallest absolute Gasteiger partial charge is 0.337 e. The van der Waals surface area contributed by atoms with Gasteiger partial charge in [-0.3, -0.25) is 14.4 Å². The lowest BCUT2D eigenvalue weighted by molar-refractivity contribution is -0.140. The fourth-order valence-corrected chi connectivity index (χ4v) is 4.65. The second-order valence-electron chi connectivity index (χ2n) is 8.23. The molecule has 166 valence electrons. The first kappa shape index (κ1) is 21.7. The van der Waals surface area contributed by atoms with Crippen LogP contribution < -0.4 is 4.90 Å². The number of methoxy groups -OCH3 is 1. The summed E-state index contributed by atoms with van der Waals surface area (Å²) in [4.78, 5) is 54.0. The van der Waals surface area contributed by atoms with Crippen molar-refractivity contribution in [3.05, 3.63) is 65.7 Å². The van der Waals surface area contributed by atoms with Crippen LogP contribution in [0.3, 0.4) is 0 Å². The molecule has 2 fully saturated rings. The highest BCUT2D eigenvalue weighted by Crippen LogP contribution is 2.32. The predicted molar refractivity (Wildman–Crippen MR) is 118 cm³/mol. The van der Waals surface area contributed by atoms with Crippen LogP contribution in [-0.4, -0.2) is 47.8 Å². The number of nitrogens with zero attached hydrogens (tertiary/aromatic N) is 2. The molecule has 1 unspecified atom stereocenters. The number of carbonyl (C=O) groups is 4. The molecule has 1 saturated carbocycles. The van der Waals surface area contributed by atoms with Crippen molar-refractivity contribution in [1.82, 2.24) is 4.90 Å². The lowest BCUT2D eigenvalue weighted by atomic mass is 10.1. The number of hydrogen-bond donors (Lipinski definition) is 0. The highest BCUT2D eigenvalue weighted by molar-refractivity contribution is 6.23. The van der Waals surface area contributed by atoms with Crippen LogP contribution in [-0.2, 0) is 25.5 Å². The van der Waals surface area contributed by atoms with Crippen molar-refractivity contribution >= 4 is 29.4 Å².